The van der Waals surface area contributed by atoms with Gasteiger partial charge in [0, 0.05) is 10.6 Å². The summed E-state index contributed by atoms with van der Waals surface area (Å²) >= 11 is 5.77. The van der Waals surface area contributed by atoms with E-state index in [4.69, 9.17) is 11.6 Å². The monoisotopic (exact) mass is 394 g/mol. The topological polar surface area (TPSA) is 0 Å². The lowest BCUT2D eigenvalue weighted by molar-refractivity contribution is 0.296. The molecule has 0 atom stereocenters. The van der Waals surface area contributed by atoms with Gasteiger partial charge in [0.25, 0.3) is 0 Å². The molecule has 0 aliphatic heterocycles. The predicted octanol–water partition coefficient (Wildman–Crippen LogP) is 7.58. The summed E-state index contributed by atoms with van der Waals surface area (Å²) in [6, 6.07) is 12.9. The van der Waals surface area contributed by atoms with Gasteiger partial charge in [-0.25, -0.2) is 4.39 Å². The van der Waals surface area contributed by atoms with Crippen LogP contribution in [0.1, 0.15) is 62.1 Å². The summed E-state index contributed by atoms with van der Waals surface area (Å²) in [5.41, 5.74) is 2.63. The molecule has 0 aromatic heterocycles. The van der Waals surface area contributed by atoms with Crippen molar-refractivity contribution in [1.82, 2.24) is 0 Å². The van der Waals surface area contributed by atoms with Crippen molar-refractivity contribution in [1.29, 1.82) is 0 Å². The first-order valence-electron chi connectivity index (χ1n) is 10.4. The number of hydrogen-bond donors (Lipinski definition) is 0. The van der Waals surface area contributed by atoms with Gasteiger partial charge in [-0.1, -0.05) is 54.7 Å². The van der Waals surface area contributed by atoms with Crippen LogP contribution in [0.2, 0.25) is 5.02 Å². The molecule has 2 aromatic carbocycles. The van der Waals surface area contributed by atoms with Gasteiger partial charge in [0.2, 0.25) is 0 Å². The number of allylic oxidation sites excluding steroid dienone is 2. The zero-order chi connectivity index (χ0) is 19.8. The zero-order valence-electron chi connectivity index (χ0n) is 16.6. The fraction of sp³-hybridized carbons (Fsp3) is 0.385. The molecule has 0 radical (unpaired) electrons. The Morgan fingerprint density at radius 1 is 1.04 bits per heavy atom. The Hall–Kier alpha value is -2.04. The van der Waals surface area contributed by atoms with Crippen LogP contribution in [0.3, 0.4) is 0 Å². The fourth-order valence-electron chi connectivity index (χ4n) is 3.85. The molecule has 0 unspecified atom stereocenters. The Kier molecular flexibility index (Phi) is 7.75. The molecule has 1 saturated carbocycles. The van der Waals surface area contributed by atoms with Gasteiger partial charge in [0.1, 0.15) is 5.82 Å². The third kappa shape index (κ3) is 6.25. The second-order valence-electron chi connectivity index (χ2n) is 7.73. The quantitative estimate of drug-likeness (QED) is 0.362. The van der Waals surface area contributed by atoms with Crippen molar-refractivity contribution >= 4 is 11.6 Å². The van der Waals surface area contributed by atoms with Crippen molar-refractivity contribution in [3.63, 3.8) is 0 Å². The Bertz CT molecular complexity index is 846. The molecule has 0 spiro atoms. The van der Waals surface area contributed by atoms with Crippen molar-refractivity contribution in [2.24, 2.45) is 11.8 Å². The van der Waals surface area contributed by atoms with E-state index in [1.54, 1.807) is 12.1 Å². The molecule has 2 aromatic rings. The third-order valence-corrected chi connectivity index (χ3v) is 5.84. The molecule has 0 bridgehead atoms. The summed E-state index contributed by atoms with van der Waals surface area (Å²) in [4.78, 5) is 0. The fourth-order valence-corrected chi connectivity index (χ4v) is 4.01. The van der Waals surface area contributed by atoms with Crippen LogP contribution in [0.4, 0.5) is 4.39 Å². The smallest absolute Gasteiger partial charge is 0.140 e. The second-order valence-corrected chi connectivity index (χ2v) is 8.16. The van der Waals surface area contributed by atoms with Crippen LogP contribution in [0.15, 0.2) is 54.6 Å². The largest absolute Gasteiger partial charge is 0.206 e. The van der Waals surface area contributed by atoms with Gasteiger partial charge >= 0.3 is 0 Å². The molecule has 1 aliphatic rings. The van der Waals surface area contributed by atoms with Crippen LogP contribution in [0.5, 0.6) is 0 Å². The number of hydrogen-bond acceptors (Lipinski definition) is 0. The van der Waals surface area contributed by atoms with Crippen LogP contribution in [-0.4, -0.2) is 0 Å². The molecule has 28 heavy (non-hydrogen) atoms. The van der Waals surface area contributed by atoms with Crippen molar-refractivity contribution in [2.45, 2.75) is 51.9 Å². The number of halogens is 2. The minimum absolute atomic E-state index is 0.373. The Labute approximate surface area is 173 Å². The average molecular weight is 395 g/mol. The van der Waals surface area contributed by atoms with Crippen LogP contribution in [0.25, 0.3) is 0 Å². The molecule has 0 N–H and O–H groups in total. The number of aryl methyl sites for hydroxylation is 1. The van der Waals surface area contributed by atoms with E-state index in [1.807, 2.05) is 12.1 Å². The van der Waals surface area contributed by atoms with Crippen molar-refractivity contribution in [3.8, 4) is 11.8 Å². The summed E-state index contributed by atoms with van der Waals surface area (Å²) in [5, 5.41) is 0.387. The summed E-state index contributed by atoms with van der Waals surface area (Å²) in [5.74, 6) is 7.21. The highest BCUT2D eigenvalue weighted by atomic mass is 35.5. The van der Waals surface area contributed by atoms with E-state index in [-0.39, 0.29) is 5.82 Å². The Balaban J connectivity index is 1.49. The van der Waals surface area contributed by atoms with Crippen molar-refractivity contribution < 1.29 is 4.39 Å². The van der Waals surface area contributed by atoms with E-state index >= 15 is 0 Å². The number of benzene rings is 2. The zero-order valence-corrected chi connectivity index (χ0v) is 17.3. The van der Waals surface area contributed by atoms with Gasteiger partial charge < -0.3 is 0 Å². The molecule has 0 nitrogen and oxygen atoms in total. The minimum atomic E-state index is -0.378. The molecule has 0 heterocycles. The van der Waals surface area contributed by atoms with Crippen LogP contribution in [0, 0.1) is 29.5 Å². The summed E-state index contributed by atoms with van der Waals surface area (Å²) in [7, 11) is 0. The maximum atomic E-state index is 13.8. The third-order valence-electron chi connectivity index (χ3n) is 5.60. The van der Waals surface area contributed by atoms with Gasteiger partial charge in [-0.2, -0.15) is 0 Å². The van der Waals surface area contributed by atoms with Gasteiger partial charge in [0.05, 0.1) is 5.56 Å². The highest BCUT2D eigenvalue weighted by Gasteiger charge is 2.19. The molecular weight excluding hydrogens is 367 g/mol. The van der Waals surface area contributed by atoms with E-state index in [0.29, 0.717) is 10.6 Å². The summed E-state index contributed by atoms with van der Waals surface area (Å²) in [6.45, 7) is 2.20. The van der Waals surface area contributed by atoms with Gasteiger partial charge in [-0.05, 0) is 92.7 Å². The minimum Gasteiger partial charge on any atom is -0.206 e. The van der Waals surface area contributed by atoms with E-state index < -0.39 is 0 Å². The first-order valence-corrected chi connectivity index (χ1v) is 10.7. The van der Waals surface area contributed by atoms with E-state index in [9.17, 15) is 4.39 Å². The van der Waals surface area contributed by atoms with Crippen LogP contribution < -0.4 is 0 Å². The molecule has 146 valence electrons. The van der Waals surface area contributed by atoms with Crippen LogP contribution in [-0.2, 0) is 6.42 Å². The Morgan fingerprint density at radius 2 is 1.79 bits per heavy atom. The van der Waals surface area contributed by atoms with E-state index in [1.165, 1.54) is 43.7 Å². The molecule has 2 heteroatoms. The van der Waals surface area contributed by atoms with Gasteiger partial charge in [-0.3, -0.25) is 0 Å². The molecule has 3 rings (SSSR count). The van der Waals surface area contributed by atoms with Gasteiger partial charge in [-0.15, -0.1) is 0 Å². The average Bonchev–Trinajstić information content (AvgIpc) is 2.71. The number of rotatable bonds is 5. The molecular formula is C26H28ClF. The van der Waals surface area contributed by atoms with Crippen molar-refractivity contribution in [2.75, 3.05) is 0 Å². The van der Waals surface area contributed by atoms with E-state index in [0.717, 1.165) is 30.2 Å². The first-order chi connectivity index (χ1) is 13.6. The first kappa shape index (κ1) is 20.7. The lowest BCUT2D eigenvalue weighted by Gasteiger charge is -2.26. The predicted molar refractivity (Wildman–Crippen MR) is 117 cm³/mol. The molecule has 1 aliphatic carbocycles. The Morgan fingerprint density at radius 3 is 2.46 bits per heavy atom. The second kappa shape index (κ2) is 10.5. The summed E-state index contributed by atoms with van der Waals surface area (Å²) < 4.78 is 13.8. The van der Waals surface area contributed by atoms with Gasteiger partial charge in [0.15, 0.2) is 0 Å². The van der Waals surface area contributed by atoms with Crippen LogP contribution >= 0.6 is 11.6 Å². The molecule has 1 fully saturated rings. The molecule has 0 saturated heterocycles. The highest BCUT2D eigenvalue weighted by Crippen LogP contribution is 2.32. The van der Waals surface area contributed by atoms with E-state index in [2.05, 4.69) is 43.0 Å². The SMILES string of the molecule is CC/C=C/C1CCC(CCc2ccc(C#Cc3ccc(Cl)cc3F)cc2)CC1. The lowest BCUT2D eigenvalue weighted by Crippen LogP contribution is -2.13. The maximum Gasteiger partial charge on any atom is 0.140 e. The lowest BCUT2D eigenvalue weighted by atomic mass is 9.79. The normalized spacial score (nSPS) is 19.4. The molecule has 0 amide bonds. The standard InChI is InChI=1S/C26H28ClF/c1-2-3-4-20-5-7-21(8-6-20)9-10-22-11-13-23(14-12-22)15-16-24-17-18-25(27)19-26(24)28/h3-4,11-14,17-21H,2,5-10H2,1H3/b4-3+. The van der Waals surface area contributed by atoms with Crippen molar-refractivity contribution in [3.05, 3.63) is 82.1 Å². The highest BCUT2D eigenvalue weighted by molar-refractivity contribution is 6.30. The summed E-state index contributed by atoms with van der Waals surface area (Å²) in [6.07, 6.45) is 13.7. The maximum absolute atomic E-state index is 13.8.